The van der Waals surface area contributed by atoms with Gasteiger partial charge in [0.05, 0.1) is 11.9 Å². The van der Waals surface area contributed by atoms with Crippen LogP contribution in [0.15, 0.2) is 53.2 Å². The Balaban J connectivity index is 1.36. The number of benzene rings is 1. The van der Waals surface area contributed by atoms with Gasteiger partial charge in [0.15, 0.2) is 5.82 Å². The zero-order valence-corrected chi connectivity index (χ0v) is 16.2. The van der Waals surface area contributed by atoms with Crippen LogP contribution in [0.2, 0.25) is 5.02 Å². The lowest BCUT2D eigenvalue weighted by Crippen LogP contribution is -2.49. The summed E-state index contributed by atoms with van der Waals surface area (Å²) < 4.78 is 5.02. The van der Waals surface area contributed by atoms with Gasteiger partial charge in [0, 0.05) is 43.0 Å². The molecule has 1 aromatic carbocycles. The number of carbonyl (C=O) groups excluding carboxylic acids is 1. The molecule has 1 amide bonds. The molecule has 7 nitrogen and oxygen atoms in total. The number of aryl methyl sites for hydroxylation is 1. The number of anilines is 3. The second-order valence-electron chi connectivity index (χ2n) is 6.64. The summed E-state index contributed by atoms with van der Waals surface area (Å²) in [4.78, 5) is 21.1. The van der Waals surface area contributed by atoms with Gasteiger partial charge in [0.1, 0.15) is 11.5 Å². The summed E-state index contributed by atoms with van der Waals surface area (Å²) in [5.74, 6) is 1.27. The van der Waals surface area contributed by atoms with Crippen molar-refractivity contribution in [3.05, 3.63) is 65.1 Å². The molecular formula is C20H20ClN5O2. The maximum Gasteiger partial charge on any atom is 0.272 e. The van der Waals surface area contributed by atoms with Crippen molar-refractivity contribution in [2.24, 2.45) is 0 Å². The van der Waals surface area contributed by atoms with Gasteiger partial charge in [-0.2, -0.15) is 0 Å². The number of piperazine rings is 1. The molecule has 3 heterocycles. The predicted octanol–water partition coefficient (Wildman–Crippen LogP) is 3.74. The molecule has 144 valence electrons. The van der Waals surface area contributed by atoms with E-state index in [1.807, 2.05) is 42.2 Å². The van der Waals surface area contributed by atoms with E-state index >= 15 is 0 Å². The Morgan fingerprint density at radius 1 is 1.14 bits per heavy atom. The quantitative estimate of drug-likeness (QED) is 0.722. The lowest BCUT2D eigenvalue weighted by atomic mass is 10.2. The van der Waals surface area contributed by atoms with Crippen molar-refractivity contribution in [2.45, 2.75) is 6.92 Å². The molecule has 0 atom stereocenters. The third-order valence-electron chi connectivity index (χ3n) is 4.62. The minimum absolute atomic E-state index is 0.0606. The van der Waals surface area contributed by atoms with Crippen LogP contribution in [0.4, 0.5) is 17.2 Å². The highest BCUT2D eigenvalue weighted by Crippen LogP contribution is 2.21. The highest BCUT2D eigenvalue weighted by Gasteiger charge is 2.23. The van der Waals surface area contributed by atoms with E-state index in [1.54, 1.807) is 18.3 Å². The number of nitrogens with one attached hydrogen (secondary N) is 1. The summed E-state index contributed by atoms with van der Waals surface area (Å²) in [7, 11) is 0. The van der Waals surface area contributed by atoms with E-state index in [1.165, 1.54) is 0 Å². The molecule has 3 aromatic rings. The van der Waals surface area contributed by atoms with Crippen molar-refractivity contribution < 1.29 is 9.32 Å². The van der Waals surface area contributed by atoms with Crippen molar-refractivity contribution in [1.82, 2.24) is 15.0 Å². The number of nitrogens with zero attached hydrogens (tertiary/aromatic N) is 4. The number of pyridine rings is 1. The molecule has 0 bridgehead atoms. The first-order valence-electron chi connectivity index (χ1n) is 9.05. The molecule has 4 rings (SSSR count). The molecule has 8 heteroatoms. The molecule has 0 radical (unpaired) electrons. The number of hydrogen-bond acceptors (Lipinski definition) is 6. The van der Waals surface area contributed by atoms with Crippen molar-refractivity contribution in [3.63, 3.8) is 0 Å². The summed E-state index contributed by atoms with van der Waals surface area (Å²) >= 11 is 6.07. The van der Waals surface area contributed by atoms with Crippen LogP contribution >= 0.6 is 11.6 Å². The molecular weight excluding hydrogens is 378 g/mol. The second kappa shape index (κ2) is 7.90. The fraction of sp³-hybridized carbons (Fsp3) is 0.250. The molecule has 0 unspecified atom stereocenters. The maximum absolute atomic E-state index is 12.7. The highest BCUT2D eigenvalue weighted by atomic mass is 35.5. The third-order valence-corrected chi connectivity index (χ3v) is 4.86. The highest BCUT2D eigenvalue weighted by molar-refractivity contribution is 6.30. The first-order chi connectivity index (χ1) is 13.6. The average Bonchev–Trinajstić information content (AvgIpc) is 3.13. The lowest BCUT2D eigenvalue weighted by Gasteiger charge is -2.36. The molecule has 28 heavy (non-hydrogen) atoms. The minimum Gasteiger partial charge on any atom is -0.368 e. The van der Waals surface area contributed by atoms with Crippen molar-refractivity contribution in [3.8, 4) is 0 Å². The van der Waals surface area contributed by atoms with Gasteiger partial charge >= 0.3 is 0 Å². The Morgan fingerprint density at radius 3 is 2.61 bits per heavy atom. The van der Waals surface area contributed by atoms with Gasteiger partial charge in [-0.15, -0.1) is 0 Å². The van der Waals surface area contributed by atoms with Gasteiger partial charge in [0.25, 0.3) is 5.91 Å². The van der Waals surface area contributed by atoms with Gasteiger partial charge in [-0.25, -0.2) is 4.98 Å². The lowest BCUT2D eigenvalue weighted by molar-refractivity contribution is 0.0741. The van der Waals surface area contributed by atoms with Crippen LogP contribution < -0.4 is 10.2 Å². The molecule has 1 saturated heterocycles. The van der Waals surface area contributed by atoms with Gasteiger partial charge in [-0.05, 0) is 37.3 Å². The molecule has 1 fully saturated rings. The first kappa shape index (κ1) is 18.3. The molecule has 1 aliphatic rings. The maximum atomic E-state index is 12.7. The van der Waals surface area contributed by atoms with Crippen molar-refractivity contribution in [1.29, 1.82) is 0 Å². The second-order valence-corrected chi connectivity index (χ2v) is 7.08. The number of rotatable bonds is 4. The molecule has 0 aliphatic carbocycles. The zero-order chi connectivity index (χ0) is 19.5. The van der Waals surface area contributed by atoms with Crippen LogP contribution in [-0.2, 0) is 0 Å². The van der Waals surface area contributed by atoms with Gasteiger partial charge < -0.3 is 19.6 Å². The summed E-state index contributed by atoms with van der Waals surface area (Å²) in [5, 5.41) is 7.68. The Hall–Kier alpha value is -3.06. The van der Waals surface area contributed by atoms with Crippen LogP contribution in [0.25, 0.3) is 0 Å². The van der Waals surface area contributed by atoms with E-state index in [-0.39, 0.29) is 5.91 Å². The number of halogens is 1. The number of amides is 1. The normalized spacial score (nSPS) is 14.2. The summed E-state index contributed by atoms with van der Waals surface area (Å²) in [6.45, 7) is 4.63. The number of hydrogen-bond donors (Lipinski definition) is 1. The van der Waals surface area contributed by atoms with Crippen LogP contribution in [0, 0.1) is 6.92 Å². The van der Waals surface area contributed by atoms with Crippen LogP contribution in [0.3, 0.4) is 0 Å². The Labute approximate surface area is 167 Å². The molecule has 2 aromatic heterocycles. The first-order valence-corrected chi connectivity index (χ1v) is 9.42. The smallest absolute Gasteiger partial charge is 0.272 e. The van der Waals surface area contributed by atoms with Crippen molar-refractivity contribution >= 4 is 34.7 Å². The molecule has 0 spiro atoms. The van der Waals surface area contributed by atoms with E-state index < -0.39 is 0 Å². The fourth-order valence-electron chi connectivity index (χ4n) is 3.17. The van der Waals surface area contributed by atoms with E-state index in [2.05, 4.69) is 20.4 Å². The Bertz CT molecular complexity index is 965. The summed E-state index contributed by atoms with van der Waals surface area (Å²) in [6, 6.07) is 13.1. The molecule has 1 N–H and O–H groups in total. The Kier molecular flexibility index (Phi) is 5.16. The van der Waals surface area contributed by atoms with Crippen LogP contribution in [0.1, 0.15) is 16.2 Å². The topological polar surface area (TPSA) is 74.5 Å². The number of carbonyl (C=O) groups is 1. The summed E-state index contributed by atoms with van der Waals surface area (Å²) in [6.07, 6.45) is 1.62. The average molecular weight is 398 g/mol. The summed E-state index contributed by atoms with van der Waals surface area (Å²) in [5.41, 5.74) is 2.25. The largest absolute Gasteiger partial charge is 0.368 e. The fourth-order valence-corrected chi connectivity index (χ4v) is 3.35. The van der Waals surface area contributed by atoms with Crippen LogP contribution in [0.5, 0.6) is 0 Å². The van der Waals surface area contributed by atoms with E-state index in [9.17, 15) is 4.79 Å². The van der Waals surface area contributed by atoms with Gasteiger partial charge in [0.2, 0.25) is 0 Å². The number of aromatic nitrogens is 2. The van der Waals surface area contributed by atoms with E-state index in [4.69, 9.17) is 16.1 Å². The van der Waals surface area contributed by atoms with Crippen LogP contribution in [-0.4, -0.2) is 47.1 Å². The van der Waals surface area contributed by atoms with Gasteiger partial charge in [-0.3, -0.25) is 4.79 Å². The van der Waals surface area contributed by atoms with E-state index in [0.717, 1.165) is 35.2 Å². The SMILES string of the molecule is Cc1cc(Nc2ccc(C(=O)N3CCN(c4cccc(Cl)c4)CC3)nc2)no1. The standard InChI is InChI=1S/C20H20ClN5O2/c1-14-11-19(24-28-14)23-16-5-6-18(22-13-16)20(27)26-9-7-25(8-10-26)17-4-2-3-15(21)12-17/h2-6,11-13H,7-10H2,1H3,(H,23,24). The third kappa shape index (κ3) is 4.09. The van der Waals surface area contributed by atoms with Gasteiger partial charge in [-0.1, -0.05) is 22.8 Å². The zero-order valence-electron chi connectivity index (χ0n) is 15.4. The monoisotopic (exact) mass is 397 g/mol. The van der Waals surface area contributed by atoms with Crippen molar-refractivity contribution in [2.75, 3.05) is 36.4 Å². The minimum atomic E-state index is -0.0606. The predicted molar refractivity (Wildman–Crippen MR) is 108 cm³/mol. The van der Waals surface area contributed by atoms with E-state index in [0.29, 0.717) is 24.6 Å². The molecule has 0 saturated carbocycles. The molecule has 1 aliphatic heterocycles. The Morgan fingerprint density at radius 2 is 1.96 bits per heavy atom.